The third-order valence-electron chi connectivity index (χ3n) is 16.8. The van der Waals surface area contributed by atoms with Crippen LogP contribution < -0.4 is 4.90 Å². The highest BCUT2D eigenvalue weighted by Gasteiger charge is 2.27. The molecule has 380 valence electrons. The molecule has 0 aliphatic heterocycles. The van der Waals surface area contributed by atoms with Gasteiger partial charge in [0.25, 0.3) is 0 Å². The summed E-state index contributed by atoms with van der Waals surface area (Å²) in [7, 11) is 0. The van der Waals surface area contributed by atoms with Crippen molar-refractivity contribution in [3.63, 3.8) is 0 Å². The molecular weight excluding hydrogens is 1000 g/mol. The second kappa shape index (κ2) is 17.5. The number of benzene rings is 12. The van der Waals surface area contributed by atoms with Gasteiger partial charge in [0.1, 0.15) is 17.2 Å². The average molecular weight is 1050 g/mol. The molecule has 17 rings (SSSR count). The molecule has 12 aromatic carbocycles. The zero-order chi connectivity index (χ0) is 54.2. The zero-order valence-corrected chi connectivity index (χ0v) is 43.9. The lowest BCUT2D eigenvalue weighted by Gasteiger charge is -2.25. The molecule has 0 amide bonds. The highest BCUT2D eigenvalue weighted by atomic mass is 16.3. The molecule has 0 fully saturated rings. The molecule has 8 nitrogen and oxygen atoms in total. The SMILES string of the molecule is [C-]#[N+]c1cc(-n2c3ccc(N(c4ccccc4)c4ccccc4)cc3c3c4oc5ccccc5c4ccc32)c(C#N)cc1-n1c2ccc(-n3c4ccccc4c4ccccc43)cc2c2ccc3c4ccccc4n(-c4ccccc4)c3c21. The summed E-state index contributed by atoms with van der Waals surface area (Å²) in [5, 5.41) is 22.2. The minimum absolute atomic E-state index is 0.398. The van der Waals surface area contributed by atoms with Crippen LogP contribution in [0.2, 0.25) is 0 Å². The van der Waals surface area contributed by atoms with Crippen LogP contribution >= 0.6 is 0 Å². The number of hydrogen-bond acceptors (Lipinski definition) is 3. The van der Waals surface area contributed by atoms with E-state index in [9.17, 15) is 11.8 Å². The lowest BCUT2D eigenvalue weighted by atomic mass is 10.1. The maximum Gasteiger partial charge on any atom is 0.212 e. The maximum absolute atomic E-state index is 11.7. The van der Waals surface area contributed by atoms with Crippen LogP contribution in [0.1, 0.15) is 5.56 Å². The lowest BCUT2D eigenvalue weighted by Crippen LogP contribution is -2.09. The van der Waals surface area contributed by atoms with E-state index < -0.39 is 0 Å². The van der Waals surface area contributed by atoms with Crippen molar-refractivity contribution in [3.8, 4) is 28.8 Å². The summed E-state index contributed by atoms with van der Waals surface area (Å²) >= 11 is 0. The Morgan fingerprint density at radius 3 is 1.56 bits per heavy atom. The van der Waals surface area contributed by atoms with Gasteiger partial charge in [0.15, 0.2) is 0 Å². The molecule has 0 unspecified atom stereocenters. The summed E-state index contributed by atoms with van der Waals surface area (Å²) in [6, 6.07) is 93.7. The Bertz CT molecular complexity index is 5520. The Labute approximate surface area is 469 Å². The minimum atomic E-state index is 0.398. The Hall–Kier alpha value is -11.6. The first-order valence-corrected chi connectivity index (χ1v) is 27.4. The van der Waals surface area contributed by atoms with Gasteiger partial charge in [0, 0.05) is 76.9 Å². The lowest BCUT2D eigenvalue weighted by molar-refractivity contribution is 0.673. The quantitative estimate of drug-likeness (QED) is 0.149. The predicted octanol–water partition coefficient (Wildman–Crippen LogP) is 19.9. The van der Waals surface area contributed by atoms with Crippen molar-refractivity contribution in [2.24, 2.45) is 0 Å². The van der Waals surface area contributed by atoms with Gasteiger partial charge in [-0.1, -0.05) is 140 Å². The number of fused-ring (bicyclic) bond motifs is 17. The Morgan fingerprint density at radius 2 is 0.890 bits per heavy atom. The van der Waals surface area contributed by atoms with E-state index in [1.807, 2.05) is 48.5 Å². The van der Waals surface area contributed by atoms with Gasteiger partial charge in [-0.25, -0.2) is 4.85 Å². The average Bonchev–Trinajstić information content (AvgIpc) is 2.49. The number of anilines is 3. The predicted molar refractivity (Wildman–Crippen MR) is 337 cm³/mol. The Kier molecular flexibility index (Phi) is 9.68. The smallest absolute Gasteiger partial charge is 0.212 e. The molecule has 0 saturated heterocycles. The topological polar surface area (TPSA) is 64.2 Å². The van der Waals surface area contributed by atoms with Crippen molar-refractivity contribution in [1.29, 1.82) is 5.26 Å². The van der Waals surface area contributed by atoms with E-state index in [2.05, 4.69) is 246 Å². The third-order valence-corrected chi connectivity index (χ3v) is 16.8. The highest BCUT2D eigenvalue weighted by molar-refractivity contribution is 6.26. The van der Waals surface area contributed by atoms with Crippen LogP contribution in [0.3, 0.4) is 0 Å². The van der Waals surface area contributed by atoms with E-state index in [4.69, 9.17) is 4.42 Å². The highest BCUT2D eigenvalue weighted by Crippen LogP contribution is 2.48. The number of nitriles is 1. The van der Waals surface area contributed by atoms with Gasteiger partial charge in [0.2, 0.25) is 5.69 Å². The van der Waals surface area contributed by atoms with E-state index in [0.29, 0.717) is 22.6 Å². The maximum atomic E-state index is 11.7. The van der Waals surface area contributed by atoms with Gasteiger partial charge in [0.05, 0.1) is 73.0 Å². The summed E-state index contributed by atoms with van der Waals surface area (Å²) in [6.07, 6.45) is 0. The van der Waals surface area contributed by atoms with Crippen LogP contribution in [0.15, 0.2) is 265 Å². The van der Waals surface area contributed by atoms with E-state index in [1.165, 1.54) is 10.8 Å². The molecule has 5 heterocycles. The molecule has 0 saturated carbocycles. The monoisotopic (exact) mass is 1050 g/mol. The molecule has 0 N–H and O–H groups in total. The number of furan rings is 1. The summed E-state index contributed by atoms with van der Waals surface area (Å²) in [5.41, 5.74) is 16.5. The van der Waals surface area contributed by atoms with Gasteiger partial charge in [-0.3, -0.25) is 0 Å². The van der Waals surface area contributed by atoms with Crippen LogP contribution in [-0.2, 0) is 0 Å². The van der Waals surface area contributed by atoms with Crippen LogP contribution in [0, 0.1) is 17.9 Å². The number of hydrogen-bond donors (Lipinski definition) is 0. The normalized spacial score (nSPS) is 11.9. The first-order valence-electron chi connectivity index (χ1n) is 27.4. The number of para-hydroxylation sites is 7. The molecule has 0 radical (unpaired) electrons. The number of rotatable bonds is 7. The van der Waals surface area contributed by atoms with E-state index in [0.717, 1.165) is 127 Å². The molecule has 0 aliphatic carbocycles. The van der Waals surface area contributed by atoms with Gasteiger partial charge in [-0.15, -0.1) is 0 Å². The molecule has 0 aliphatic rings. The molecule has 5 aromatic heterocycles. The van der Waals surface area contributed by atoms with E-state index in [-0.39, 0.29) is 0 Å². The molecule has 8 heteroatoms. The molecule has 17 aromatic rings. The van der Waals surface area contributed by atoms with E-state index >= 15 is 0 Å². The molecular formula is C74H43N7O. The first kappa shape index (κ1) is 45.4. The van der Waals surface area contributed by atoms with Gasteiger partial charge >= 0.3 is 0 Å². The van der Waals surface area contributed by atoms with Crippen molar-refractivity contribution in [2.45, 2.75) is 0 Å². The van der Waals surface area contributed by atoms with Crippen molar-refractivity contribution in [3.05, 3.63) is 278 Å². The first-order chi connectivity index (χ1) is 40.6. The van der Waals surface area contributed by atoms with Crippen molar-refractivity contribution in [1.82, 2.24) is 18.3 Å². The fourth-order valence-electron chi connectivity index (χ4n) is 13.4. The van der Waals surface area contributed by atoms with Gasteiger partial charge < -0.3 is 27.6 Å². The van der Waals surface area contributed by atoms with Crippen LogP contribution in [0.25, 0.3) is 137 Å². The fraction of sp³-hybridized carbons (Fsp3) is 0. The van der Waals surface area contributed by atoms with Crippen LogP contribution in [-0.4, -0.2) is 18.3 Å². The van der Waals surface area contributed by atoms with Crippen LogP contribution in [0.4, 0.5) is 22.7 Å². The number of nitrogens with zero attached hydrogens (tertiary/aromatic N) is 7. The second-order valence-electron chi connectivity index (χ2n) is 21.0. The molecule has 0 bridgehead atoms. The number of aromatic nitrogens is 4. The second-order valence-corrected chi connectivity index (χ2v) is 21.0. The summed E-state index contributed by atoms with van der Waals surface area (Å²) in [4.78, 5) is 6.69. The summed E-state index contributed by atoms with van der Waals surface area (Å²) in [6.45, 7) is 9.19. The molecule has 0 spiro atoms. The largest absolute Gasteiger partial charge is 0.455 e. The van der Waals surface area contributed by atoms with Gasteiger partial charge in [-0.05, 0) is 121 Å². The third kappa shape index (κ3) is 6.40. The Balaban J connectivity index is 0.965. The van der Waals surface area contributed by atoms with Crippen LogP contribution in [0.5, 0.6) is 0 Å². The molecule has 82 heavy (non-hydrogen) atoms. The van der Waals surface area contributed by atoms with Crippen molar-refractivity contribution >= 4 is 132 Å². The van der Waals surface area contributed by atoms with E-state index in [1.54, 1.807) is 0 Å². The van der Waals surface area contributed by atoms with Gasteiger partial charge in [-0.2, -0.15) is 5.26 Å². The fourth-order valence-corrected chi connectivity index (χ4v) is 13.4. The molecule has 0 atom stereocenters. The minimum Gasteiger partial charge on any atom is -0.455 e. The zero-order valence-electron chi connectivity index (χ0n) is 43.9. The summed E-state index contributed by atoms with van der Waals surface area (Å²) in [5.74, 6) is 0. The summed E-state index contributed by atoms with van der Waals surface area (Å²) < 4.78 is 16.0. The Morgan fingerprint density at radius 1 is 0.366 bits per heavy atom. The standard InChI is InChI=1S/C74H43N7O/c1-76-61-44-68(80-66-39-33-50(77(47-19-5-2-6-20-47)48-21-7-3-8-22-48)43-60(66)71-67(80)40-37-58-55-28-14-18-32-70(55)82-74(58)71)46(45-75)41-69(61)81-65-38-34-51(78-62-29-15-11-25-52(62)53-26-12-16-30-63(53)78)42-59(65)57-36-35-56-54-27-13-17-31-64(54)79(72(56)73(57)81)49-23-9-4-10-24-49/h2-44H. The van der Waals surface area contributed by atoms with Crippen molar-refractivity contribution < 1.29 is 4.42 Å². The van der Waals surface area contributed by atoms with Crippen molar-refractivity contribution in [2.75, 3.05) is 4.90 Å².